The lowest BCUT2D eigenvalue weighted by Gasteiger charge is -2.11. The molecule has 1 heterocycles. The summed E-state index contributed by atoms with van der Waals surface area (Å²) in [4.78, 5) is 26.6. The third-order valence-corrected chi connectivity index (χ3v) is 5.56. The van der Waals surface area contributed by atoms with Crippen LogP contribution in [0.3, 0.4) is 0 Å². The number of methoxy groups -OCH3 is 1. The Balaban J connectivity index is 2.39. The van der Waals surface area contributed by atoms with Gasteiger partial charge in [-0.3, -0.25) is 9.88 Å². The van der Waals surface area contributed by atoms with E-state index in [1.54, 1.807) is 16.3 Å². The molecule has 0 saturated heterocycles. The first-order valence-corrected chi connectivity index (χ1v) is 10.9. The average Bonchev–Trinajstić information content (AvgIpc) is 2.86. The number of rotatable bonds is 7. The van der Waals surface area contributed by atoms with Gasteiger partial charge in [-0.05, 0) is 30.4 Å². The number of aryl methyl sites for hydroxylation is 1. The smallest absolute Gasteiger partial charge is 0.413 e. The van der Waals surface area contributed by atoms with E-state index >= 15 is 0 Å². The number of nitrogens with zero attached hydrogens (tertiary/aromatic N) is 2. The van der Waals surface area contributed by atoms with Crippen LogP contribution in [0.25, 0.3) is 11.0 Å². The second-order valence-electron chi connectivity index (χ2n) is 5.48. The highest BCUT2D eigenvalue weighted by molar-refractivity contribution is 7.99. The van der Waals surface area contributed by atoms with E-state index < -0.39 is 13.5 Å². The van der Waals surface area contributed by atoms with Crippen LogP contribution < -0.4 is 5.32 Å². The van der Waals surface area contributed by atoms with E-state index in [9.17, 15) is 14.3 Å². The van der Waals surface area contributed by atoms with Crippen molar-refractivity contribution in [3.8, 4) is 0 Å². The Morgan fingerprint density at radius 3 is 2.88 bits per heavy atom. The first-order chi connectivity index (χ1) is 11.3. The average molecular weight is 371 g/mol. The van der Waals surface area contributed by atoms with Gasteiger partial charge in [0.05, 0.1) is 18.1 Å². The van der Waals surface area contributed by atoms with Crippen LogP contribution in [0.15, 0.2) is 23.1 Å². The van der Waals surface area contributed by atoms with Gasteiger partial charge in [-0.25, -0.2) is 9.78 Å². The van der Waals surface area contributed by atoms with E-state index in [0.717, 1.165) is 28.1 Å². The molecule has 0 aliphatic heterocycles. The van der Waals surface area contributed by atoms with Crippen molar-refractivity contribution in [1.29, 1.82) is 0 Å². The molecule has 1 aromatic heterocycles. The molecule has 2 aromatic rings. The lowest BCUT2D eigenvalue weighted by atomic mass is 10.3. The maximum Gasteiger partial charge on any atom is 0.413 e. The minimum atomic E-state index is -3.17. The number of ether oxygens (including phenoxy) is 1. The number of nitrogens with one attached hydrogen (secondary N) is 1. The fourth-order valence-corrected chi connectivity index (χ4v) is 3.54. The quantitative estimate of drug-likeness (QED) is 0.570. The van der Waals surface area contributed by atoms with Crippen LogP contribution in [0.2, 0.25) is 0 Å². The van der Waals surface area contributed by atoms with Crippen molar-refractivity contribution in [1.82, 2.24) is 9.55 Å². The Hall–Kier alpha value is -1.50. The Morgan fingerprint density at radius 2 is 2.25 bits per heavy atom. The number of aromatic nitrogens is 2. The fraction of sp³-hybridized carbons (Fsp3) is 0.467. The van der Waals surface area contributed by atoms with Crippen LogP contribution in [0.4, 0.5) is 10.7 Å². The molecule has 2 N–H and O–H groups in total. The minimum Gasteiger partial charge on any atom is -0.453 e. The molecule has 1 aromatic carbocycles. The number of amides is 1. The lowest BCUT2D eigenvalue weighted by Crippen LogP contribution is -2.16. The van der Waals surface area contributed by atoms with E-state index in [0.29, 0.717) is 5.95 Å². The van der Waals surface area contributed by atoms with Crippen LogP contribution >= 0.6 is 19.1 Å². The second kappa shape index (κ2) is 8.05. The van der Waals surface area contributed by atoms with Gasteiger partial charge >= 0.3 is 6.09 Å². The molecule has 0 saturated carbocycles. The number of carbonyl (C=O) groups excluding carboxylic acids is 1. The molecule has 0 spiro atoms. The van der Waals surface area contributed by atoms with Crippen LogP contribution in [0, 0.1) is 0 Å². The van der Waals surface area contributed by atoms with E-state index in [2.05, 4.69) is 22.0 Å². The zero-order chi connectivity index (χ0) is 17.7. The molecule has 1 unspecified atom stereocenters. The molecule has 7 nitrogen and oxygen atoms in total. The van der Waals surface area contributed by atoms with Crippen molar-refractivity contribution >= 4 is 42.2 Å². The highest BCUT2D eigenvalue weighted by Crippen LogP contribution is 2.36. The molecule has 0 fully saturated rings. The van der Waals surface area contributed by atoms with Crippen LogP contribution in [0.1, 0.15) is 13.3 Å². The monoisotopic (exact) mass is 371 g/mol. The number of hydrogen-bond acceptors (Lipinski definition) is 5. The Kier molecular flexibility index (Phi) is 6.32. The number of carbonyl (C=O) groups is 1. The summed E-state index contributed by atoms with van der Waals surface area (Å²) in [6, 6.07) is 5.87. The molecule has 24 heavy (non-hydrogen) atoms. The van der Waals surface area contributed by atoms with Crippen LogP contribution in [-0.4, -0.2) is 46.2 Å². The second-order valence-corrected chi connectivity index (χ2v) is 9.19. The molecule has 9 heteroatoms. The van der Waals surface area contributed by atoms with Gasteiger partial charge < -0.3 is 14.2 Å². The van der Waals surface area contributed by atoms with Gasteiger partial charge in [-0.1, -0.05) is 6.92 Å². The molecule has 0 bridgehead atoms. The zero-order valence-electron chi connectivity index (χ0n) is 14.0. The third kappa shape index (κ3) is 5.00. The normalized spacial score (nSPS) is 13.7. The molecule has 0 radical (unpaired) electrons. The van der Waals surface area contributed by atoms with Crippen LogP contribution in [0.5, 0.6) is 0 Å². The fourth-order valence-electron chi connectivity index (χ4n) is 2.17. The molecule has 2 rings (SSSR count). The summed E-state index contributed by atoms with van der Waals surface area (Å²) in [6.45, 7) is 3.72. The largest absolute Gasteiger partial charge is 0.453 e. The van der Waals surface area contributed by atoms with Crippen molar-refractivity contribution in [2.24, 2.45) is 0 Å². The maximum atomic E-state index is 11.6. The summed E-state index contributed by atoms with van der Waals surface area (Å²) in [7, 11) is -1.89. The summed E-state index contributed by atoms with van der Waals surface area (Å²) < 4.78 is 18.0. The molecular weight excluding hydrogens is 349 g/mol. The van der Waals surface area contributed by atoms with Crippen molar-refractivity contribution in [3.63, 3.8) is 0 Å². The predicted molar refractivity (Wildman–Crippen MR) is 97.4 cm³/mol. The van der Waals surface area contributed by atoms with Gasteiger partial charge in [0.2, 0.25) is 5.95 Å². The first-order valence-electron chi connectivity index (χ1n) is 7.61. The minimum absolute atomic E-state index is 0.0979. The predicted octanol–water partition coefficient (Wildman–Crippen LogP) is 3.62. The van der Waals surface area contributed by atoms with Gasteiger partial charge in [-0.15, -0.1) is 11.8 Å². The third-order valence-electron chi connectivity index (χ3n) is 3.33. The Labute approximate surface area is 145 Å². The van der Waals surface area contributed by atoms with Gasteiger partial charge in [0.15, 0.2) is 7.37 Å². The zero-order valence-corrected chi connectivity index (χ0v) is 15.7. The maximum absolute atomic E-state index is 11.6. The molecular formula is C15H22N3O4PS. The van der Waals surface area contributed by atoms with Crippen molar-refractivity contribution in [2.45, 2.75) is 24.8 Å². The Morgan fingerprint density at radius 1 is 1.50 bits per heavy atom. The topological polar surface area (TPSA) is 93.5 Å². The molecule has 1 amide bonds. The molecule has 0 aliphatic carbocycles. The van der Waals surface area contributed by atoms with Crippen molar-refractivity contribution in [2.75, 3.05) is 31.0 Å². The number of hydrogen-bond donors (Lipinski definition) is 2. The van der Waals surface area contributed by atoms with Crippen LogP contribution in [-0.2, 0) is 15.8 Å². The summed E-state index contributed by atoms with van der Waals surface area (Å²) in [6.07, 6.45) is 0.547. The van der Waals surface area contributed by atoms with Gasteiger partial charge in [0.25, 0.3) is 0 Å². The summed E-state index contributed by atoms with van der Waals surface area (Å²) >= 11 is 1.74. The highest BCUT2D eigenvalue weighted by Gasteiger charge is 2.17. The highest BCUT2D eigenvalue weighted by atomic mass is 32.2. The first kappa shape index (κ1) is 18.8. The molecule has 132 valence electrons. The van der Waals surface area contributed by atoms with E-state index in [1.165, 1.54) is 13.8 Å². The molecule has 0 aliphatic rings. The Bertz CT molecular complexity index is 771. The van der Waals surface area contributed by atoms with Gasteiger partial charge in [0, 0.05) is 24.3 Å². The number of thioether (sulfide) groups is 1. The van der Waals surface area contributed by atoms with Crippen molar-refractivity contribution in [3.05, 3.63) is 18.2 Å². The number of benzene rings is 1. The number of fused-ring (bicyclic) bond motifs is 1. The summed E-state index contributed by atoms with van der Waals surface area (Å²) in [5.41, 5.74) is 1.53. The number of anilines is 1. The van der Waals surface area contributed by atoms with Crippen molar-refractivity contribution < 1.29 is 19.0 Å². The van der Waals surface area contributed by atoms with E-state index in [1.807, 2.05) is 18.2 Å². The standard InChI is InChI=1S/C15H22N3O4PS/c1-4-9-24-11-5-6-13-12(10-11)16-14(17-15(19)22-2)18(13)7-8-23(3,20)21/h5-6,10H,4,7-9H2,1-3H3,(H,20,21)(H,16,17,19). The summed E-state index contributed by atoms with van der Waals surface area (Å²) in [5.74, 6) is 1.33. The van der Waals surface area contributed by atoms with E-state index in [-0.39, 0.29) is 12.7 Å². The lowest BCUT2D eigenvalue weighted by molar-refractivity contribution is 0.186. The number of imidazole rings is 1. The molecule has 1 atom stereocenters. The van der Waals surface area contributed by atoms with E-state index in [4.69, 9.17) is 0 Å². The SMILES string of the molecule is CCCSc1ccc2c(c1)nc(NC(=O)OC)n2CCP(C)(=O)O. The van der Waals surface area contributed by atoms with Gasteiger partial charge in [0.1, 0.15) is 0 Å². The summed E-state index contributed by atoms with van der Waals surface area (Å²) in [5, 5.41) is 2.56. The van der Waals surface area contributed by atoms with Gasteiger partial charge in [-0.2, -0.15) is 0 Å².